The van der Waals surface area contributed by atoms with Crippen molar-refractivity contribution in [2.45, 2.75) is 6.54 Å². The molecule has 82 valence electrons. The minimum atomic E-state index is -0.194. The smallest absolute Gasteiger partial charge is 0.270 e. The van der Waals surface area contributed by atoms with Gasteiger partial charge in [0.05, 0.1) is 17.7 Å². The van der Waals surface area contributed by atoms with Crippen molar-refractivity contribution >= 4 is 33.2 Å². The molecule has 0 aliphatic rings. The Morgan fingerprint density at radius 2 is 2.31 bits per heavy atom. The predicted octanol–water partition coefficient (Wildman–Crippen LogP) is 2.23. The van der Waals surface area contributed by atoms with Gasteiger partial charge in [-0.1, -0.05) is 0 Å². The summed E-state index contributed by atoms with van der Waals surface area (Å²) < 4.78 is 0.851. The summed E-state index contributed by atoms with van der Waals surface area (Å²) in [6.45, 7) is 0.431. The number of hydrogen-bond donors (Lipinski definition) is 1. The molecule has 6 heteroatoms. The standard InChI is InChI=1S/C10H8BrN3OS/c11-7-1-2-9(12-3-7)10(15)13-4-8-5-16-6-14-8/h1-3,5-6H,4H2,(H,13,15). The summed E-state index contributed by atoms with van der Waals surface area (Å²) in [7, 11) is 0. The molecule has 2 aromatic heterocycles. The van der Waals surface area contributed by atoms with Gasteiger partial charge in [0.2, 0.25) is 0 Å². The van der Waals surface area contributed by atoms with E-state index in [1.165, 1.54) is 11.3 Å². The quantitative estimate of drug-likeness (QED) is 0.945. The molecule has 0 bridgehead atoms. The van der Waals surface area contributed by atoms with Gasteiger partial charge in [-0.2, -0.15) is 0 Å². The number of rotatable bonds is 3. The normalized spacial score (nSPS) is 10.1. The van der Waals surface area contributed by atoms with Gasteiger partial charge in [0.1, 0.15) is 5.69 Å². The Bertz CT molecular complexity index is 469. The Morgan fingerprint density at radius 1 is 1.44 bits per heavy atom. The van der Waals surface area contributed by atoms with Gasteiger partial charge in [0.15, 0.2) is 0 Å². The highest BCUT2D eigenvalue weighted by molar-refractivity contribution is 9.10. The summed E-state index contributed by atoms with van der Waals surface area (Å²) in [6, 6.07) is 3.45. The second kappa shape index (κ2) is 5.18. The van der Waals surface area contributed by atoms with E-state index in [-0.39, 0.29) is 5.91 Å². The van der Waals surface area contributed by atoms with Crippen molar-refractivity contribution in [3.8, 4) is 0 Å². The van der Waals surface area contributed by atoms with Gasteiger partial charge in [-0.05, 0) is 28.1 Å². The summed E-state index contributed by atoms with van der Waals surface area (Å²) in [5.41, 5.74) is 2.99. The molecule has 0 saturated heterocycles. The predicted molar refractivity (Wildman–Crippen MR) is 65.2 cm³/mol. The Hall–Kier alpha value is -1.27. The molecule has 0 unspecified atom stereocenters. The van der Waals surface area contributed by atoms with Crippen LogP contribution in [0.4, 0.5) is 0 Å². The largest absolute Gasteiger partial charge is 0.345 e. The summed E-state index contributed by atoms with van der Waals surface area (Å²) in [5, 5.41) is 4.65. The molecule has 0 spiro atoms. The summed E-state index contributed by atoms with van der Waals surface area (Å²) in [6.07, 6.45) is 1.59. The summed E-state index contributed by atoms with van der Waals surface area (Å²) >= 11 is 4.77. The fourth-order valence-corrected chi connectivity index (χ4v) is 1.89. The summed E-state index contributed by atoms with van der Waals surface area (Å²) in [4.78, 5) is 19.7. The van der Waals surface area contributed by atoms with Crippen LogP contribution in [0, 0.1) is 0 Å². The molecule has 0 atom stereocenters. The van der Waals surface area contributed by atoms with Gasteiger partial charge < -0.3 is 5.32 Å². The van der Waals surface area contributed by atoms with Crippen molar-refractivity contribution in [1.82, 2.24) is 15.3 Å². The van der Waals surface area contributed by atoms with Crippen LogP contribution in [0.5, 0.6) is 0 Å². The third-order valence-electron chi connectivity index (χ3n) is 1.87. The molecule has 0 radical (unpaired) electrons. The van der Waals surface area contributed by atoms with Crippen LogP contribution >= 0.6 is 27.3 Å². The number of carbonyl (C=O) groups is 1. The van der Waals surface area contributed by atoms with Crippen molar-refractivity contribution in [1.29, 1.82) is 0 Å². The van der Waals surface area contributed by atoms with Gasteiger partial charge in [-0.15, -0.1) is 11.3 Å². The van der Waals surface area contributed by atoms with Crippen molar-refractivity contribution in [3.05, 3.63) is 45.1 Å². The molecule has 2 heterocycles. The van der Waals surface area contributed by atoms with Gasteiger partial charge in [0, 0.05) is 16.0 Å². The summed E-state index contributed by atoms with van der Waals surface area (Å²) in [5.74, 6) is -0.194. The van der Waals surface area contributed by atoms with Crippen molar-refractivity contribution in [2.75, 3.05) is 0 Å². The fraction of sp³-hybridized carbons (Fsp3) is 0.100. The molecule has 0 aromatic carbocycles. The molecular weight excluding hydrogens is 290 g/mol. The van der Waals surface area contributed by atoms with Crippen LogP contribution in [0.2, 0.25) is 0 Å². The van der Waals surface area contributed by atoms with Crippen LogP contribution in [0.15, 0.2) is 33.7 Å². The monoisotopic (exact) mass is 297 g/mol. The molecule has 0 aliphatic carbocycles. The first-order valence-electron chi connectivity index (χ1n) is 4.52. The van der Waals surface area contributed by atoms with Gasteiger partial charge >= 0.3 is 0 Å². The number of aromatic nitrogens is 2. The third-order valence-corrected chi connectivity index (χ3v) is 2.98. The lowest BCUT2D eigenvalue weighted by Crippen LogP contribution is -2.23. The molecule has 4 nitrogen and oxygen atoms in total. The average Bonchev–Trinajstić information content (AvgIpc) is 2.80. The van der Waals surface area contributed by atoms with Crippen molar-refractivity contribution in [2.24, 2.45) is 0 Å². The first-order chi connectivity index (χ1) is 7.75. The van der Waals surface area contributed by atoms with E-state index in [1.54, 1.807) is 23.8 Å². The molecule has 0 aliphatic heterocycles. The van der Waals surface area contributed by atoms with E-state index in [2.05, 4.69) is 31.2 Å². The zero-order valence-corrected chi connectivity index (χ0v) is 10.6. The number of halogens is 1. The number of amides is 1. The fourth-order valence-electron chi connectivity index (χ4n) is 1.10. The maximum atomic E-state index is 11.6. The lowest BCUT2D eigenvalue weighted by atomic mass is 10.3. The van der Waals surface area contributed by atoms with E-state index in [0.717, 1.165) is 10.2 Å². The number of nitrogens with one attached hydrogen (secondary N) is 1. The van der Waals surface area contributed by atoms with E-state index in [4.69, 9.17) is 0 Å². The Balaban J connectivity index is 1.95. The van der Waals surface area contributed by atoms with E-state index in [1.807, 2.05) is 5.38 Å². The van der Waals surface area contributed by atoms with Gasteiger partial charge in [0.25, 0.3) is 5.91 Å². The Kier molecular flexibility index (Phi) is 3.63. The highest BCUT2D eigenvalue weighted by Crippen LogP contribution is 2.07. The average molecular weight is 298 g/mol. The Morgan fingerprint density at radius 3 is 2.94 bits per heavy atom. The zero-order chi connectivity index (χ0) is 11.4. The van der Waals surface area contributed by atoms with Crippen LogP contribution < -0.4 is 5.32 Å². The molecule has 16 heavy (non-hydrogen) atoms. The number of hydrogen-bond acceptors (Lipinski definition) is 4. The maximum absolute atomic E-state index is 11.6. The number of thiazole rings is 1. The van der Waals surface area contributed by atoms with Crippen molar-refractivity contribution < 1.29 is 4.79 Å². The number of pyridine rings is 1. The SMILES string of the molecule is O=C(NCc1cscn1)c1ccc(Br)cn1. The van der Waals surface area contributed by atoms with E-state index in [0.29, 0.717) is 12.2 Å². The molecule has 1 amide bonds. The van der Waals surface area contributed by atoms with Crippen LogP contribution in [0.25, 0.3) is 0 Å². The Labute approximate surface area is 105 Å². The maximum Gasteiger partial charge on any atom is 0.270 e. The zero-order valence-electron chi connectivity index (χ0n) is 8.18. The topological polar surface area (TPSA) is 54.9 Å². The second-order valence-corrected chi connectivity index (χ2v) is 4.66. The van der Waals surface area contributed by atoms with Crippen molar-refractivity contribution in [3.63, 3.8) is 0 Å². The van der Waals surface area contributed by atoms with Gasteiger partial charge in [-0.3, -0.25) is 4.79 Å². The van der Waals surface area contributed by atoms with E-state index in [9.17, 15) is 4.79 Å². The molecule has 0 saturated carbocycles. The third kappa shape index (κ3) is 2.86. The first-order valence-corrected chi connectivity index (χ1v) is 6.26. The van der Waals surface area contributed by atoms with Crippen LogP contribution in [0.3, 0.4) is 0 Å². The highest BCUT2D eigenvalue weighted by Gasteiger charge is 2.06. The molecular formula is C10H8BrN3OS. The number of carbonyl (C=O) groups excluding carboxylic acids is 1. The first kappa shape index (κ1) is 11.2. The second-order valence-electron chi connectivity index (χ2n) is 3.02. The van der Waals surface area contributed by atoms with Crippen LogP contribution in [0.1, 0.15) is 16.2 Å². The minimum absolute atomic E-state index is 0.194. The highest BCUT2D eigenvalue weighted by atomic mass is 79.9. The molecule has 2 aromatic rings. The van der Waals surface area contributed by atoms with E-state index < -0.39 is 0 Å². The minimum Gasteiger partial charge on any atom is -0.345 e. The van der Waals surface area contributed by atoms with E-state index >= 15 is 0 Å². The lowest BCUT2D eigenvalue weighted by Gasteiger charge is -2.02. The molecule has 1 N–H and O–H groups in total. The molecule has 2 rings (SSSR count). The lowest BCUT2D eigenvalue weighted by molar-refractivity contribution is 0.0945. The molecule has 0 fully saturated rings. The number of nitrogens with zero attached hydrogens (tertiary/aromatic N) is 2. The van der Waals surface area contributed by atoms with Crippen LogP contribution in [-0.2, 0) is 6.54 Å². The van der Waals surface area contributed by atoms with Crippen LogP contribution in [-0.4, -0.2) is 15.9 Å². The van der Waals surface area contributed by atoms with Gasteiger partial charge in [-0.25, -0.2) is 9.97 Å².